The van der Waals surface area contributed by atoms with Gasteiger partial charge in [-0.1, -0.05) is 23.7 Å². The molecule has 1 N–H and O–H groups in total. The molecular formula is C14H14ClNO2. The predicted octanol–water partition coefficient (Wildman–Crippen LogP) is 3.16. The van der Waals surface area contributed by atoms with Gasteiger partial charge in [-0.3, -0.25) is 4.98 Å². The van der Waals surface area contributed by atoms with Crippen molar-refractivity contribution in [3.63, 3.8) is 0 Å². The molecule has 0 aliphatic heterocycles. The Bertz CT molecular complexity index is 531. The third kappa shape index (κ3) is 3.45. The van der Waals surface area contributed by atoms with Crippen LogP contribution in [0.4, 0.5) is 0 Å². The quantitative estimate of drug-likeness (QED) is 0.921. The first kappa shape index (κ1) is 12.9. The largest absolute Gasteiger partial charge is 0.490 e. The topological polar surface area (TPSA) is 42.4 Å². The monoisotopic (exact) mass is 263 g/mol. The maximum atomic E-state index is 9.98. The number of aromatic nitrogens is 1. The second-order valence-corrected chi connectivity index (χ2v) is 4.52. The van der Waals surface area contributed by atoms with Gasteiger partial charge in [0.2, 0.25) is 0 Å². The van der Waals surface area contributed by atoms with E-state index in [-0.39, 0.29) is 6.61 Å². The average Bonchev–Trinajstić information content (AvgIpc) is 2.36. The van der Waals surface area contributed by atoms with Crippen molar-refractivity contribution in [2.24, 2.45) is 0 Å². The van der Waals surface area contributed by atoms with Crippen molar-refractivity contribution in [1.29, 1.82) is 0 Å². The number of hydrogen-bond donors (Lipinski definition) is 1. The summed E-state index contributed by atoms with van der Waals surface area (Å²) in [6, 6.07) is 8.97. The molecule has 1 aromatic heterocycles. The molecule has 2 rings (SSSR count). The van der Waals surface area contributed by atoms with Gasteiger partial charge in [-0.25, -0.2) is 0 Å². The molecule has 0 spiro atoms. The summed E-state index contributed by atoms with van der Waals surface area (Å²) in [6.45, 7) is 2.10. The van der Waals surface area contributed by atoms with E-state index in [0.29, 0.717) is 10.8 Å². The predicted molar refractivity (Wildman–Crippen MR) is 70.9 cm³/mol. The normalized spacial score (nSPS) is 12.2. The minimum absolute atomic E-state index is 0.172. The van der Waals surface area contributed by atoms with Crippen molar-refractivity contribution < 1.29 is 9.84 Å². The number of ether oxygens (including phenoxy) is 1. The minimum Gasteiger partial charge on any atom is -0.490 e. The molecule has 1 atom stereocenters. The van der Waals surface area contributed by atoms with E-state index in [9.17, 15) is 5.11 Å². The smallest absolute Gasteiger partial charge is 0.120 e. The Balaban J connectivity index is 1.98. The standard InChI is InChI=1S/C14H14ClNO2/c1-10-5-11(8-16-7-10)14(17)9-18-13-4-2-3-12(15)6-13/h2-8,14,17H,9H2,1H3. The van der Waals surface area contributed by atoms with E-state index < -0.39 is 6.10 Å². The first-order valence-electron chi connectivity index (χ1n) is 5.63. The van der Waals surface area contributed by atoms with Gasteiger partial charge >= 0.3 is 0 Å². The van der Waals surface area contributed by atoms with Gasteiger partial charge in [0.15, 0.2) is 0 Å². The Morgan fingerprint density at radius 1 is 1.33 bits per heavy atom. The van der Waals surface area contributed by atoms with Crippen LogP contribution in [-0.4, -0.2) is 16.7 Å². The molecule has 94 valence electrons. The van der Waals surface area contributed by atoms with Crippen LogP contribution in [0.25, 0.3) is 0 Å². The van der Waals surface area contributed by atoms with Crippen LogP contribution in [0.15, 0.2) is 42.7 Å². The summed E-state index contributed by atoms with van der Waals surface area (Å²) in [6.07, 6.45) is 2.68. The summed E-state index contributed by atoms with van der Waals surface area (Å²) in [5, 5.41) is 10.6. The van der Waals surface area contributed by atoms with Gasteiger partial charge in [-0.2, -0.15) is 0 Å². The van der Waals surface area contributed by atoms with E-state index >= 15 is 0 Å². The van der Waals surface area contributed by atoms with Gasteiger partial charge in [-0.15, -0.1) is 0 Å². The molecule has 0 aliphatic carbocycles. The number of rotatable bonds is 4. The third-order valence-electron chi connectivity index (χ3n) is 2.48. The van der Waals surface area contributed by atoms with Gasteiger partial charge in [0.25, 0.3) is 0 Å². The summed E-state index contributed by atoms with van der Waals surface area (Å²) in [5.41, 5.74) is 1.76. The maximum absolute atomic E-state index is 9.98. The third-order valence-corrected chi connectivity index (χ3v) is 2.72. The lowest BCUT2D eigenvalue weighted by Gasteiger charge is -2.12. The molecule has 0 radical (unpaired) electrons. The molecule has 0 saturated heterocycles. The molecule has 1 unspecified atom stereocenters. The van der Waals surface area contributed by atoms with E-state index in [1.54, 1.807) is 36.7 Å². The number of aliphatic hydroxyl groups is 1. The molecule has 3 nitrogen and oxygen atoms in total. The highest BCUT2D eigenvalue weighted by Crippen LogP contribution is 2.19. The number of aryl methyl sites for hydroxylation is 1. The fraction of sp³-hybridized carbons (Fsp3) is 0.214. The lowest BCUT2D eigenvalue weighted by atomic mass is 10.1. The maximum Gasteiger partial charge on any atom is 0.120 e. The first-order chi connectivity index (χ1) is 8.65. The highest BCUT2D eigenvalue weighted by Gasteiger charge is 2.09. The van der Waals surface area contributed by atoms with Crippen LogP contribution in [0, 0.1) is 6.92 Å². The summed E-state index contributed by atoms with van der Waals surface area (Å²) in [5.74, 6) is 0.641. The molecule has 4 heteroatoms. The van der Waals surface area contributed by atoms with Crippen molar-refractivity contribution in [3.8, 4) is 5.75 Å². The van der Waals surface area contributed by atoms with Crippen molar-refractivity contribution in [2.75, 3.05) is 6.61 Å². The lowest BCUT2D eigenvalue weighted by Crippen LogP contribution is -2.10. The van der Waals surface area contributed by atoms with Gasteiger partial charge in [0.05, 0.1) is 0 Å². The fourth-order valence-corrected chi connectivity index (χ4v) is 1.77. The van der Waals surface area contributed by atoms with E-state index in [1.807, 2.05) is 13.0 Å². The lowest BCUT2D eigenvalue weighted by molar-refractivity contribution is 0.108. The molecular weight excluding hydrogens is 250 g/mol. The Kier molecular flexibility index (Phi) is 4.18. The molecule has 2 aromatic rings. The van der Waals surface area contributed by atoms with Crippen LogP contribution in [-0.2, 0) is 0 Å². The number of aliphatic hydroxyl groups excluding tert-OH is 1. The average molecular weight is 264 g/mol. The first-order valence-corrected chi connectivity index (χ1v) is 6.01. The Morgan fingerprint density at radius 3 is 2.89 bits per heavy atom. The Hall–Kier alpha value is -1.58. The highest BCUT2D eigenvalue weighted by atomic mass is 35.5. The van der Waals surface area contributed by atoms with Crippen LogP contribution in [0.5, 0.6) is 5.75 Å². The van der Waals surface area contributed by atoms with Crippen LogP contribution in [0.3, 0.4) is 0 Å². The number of pyridine rings is 1. The summed E-state index contributed by atoms with van der Waals surface area (Å²) >= 11 is 5.85. The van der Waals surface area contributed by atoms with Crippen molar-refractivity contribution in [3.05, 3.63) is 58.9 Å². The van der Waals surface area contributed by atoms with Crippen molar-refractivity contribution in [1.82, 2.24) is 4.98 Å². The number of hydrogen-bond acceptors (Lipinski definition) is 3. The zero-order valence-corrected chi connectivity index (χ0v) is 10.8. The summed E-state index contributed by atoms with van der Waals surface area (Å²) < 4.78 is 5.48. The summed E-state index contributed by atoms with van der Waals surface area (Å²) in [7, 11) is 0. The van der Waals surface area contributed by atoms with E-state index in [4.69, 9.17) is 16.3 Å². The SMILES string of the molecule is Cc1cncc(C(O)COc2cccc(Cl)c2)c1. The van der Waals surface area contributed by atoms with Gasteiger partial charge in [-0.05, 0) is 30.7 Å². The molecule has 0 saturated carbocycles. The molecule has 18 heavy (non-hydrogen) atoms. The molecule has 0 fully saturated rings. The van der Waals surface area contributed by atoms with Crippen LogP contribution in [0.2, 0.25) is 5.02 Å². The number of nitrogens with zero attached hydrogens (tertiary/aromatic N) is 1. The van der Waals surface area contributed by atoms with E-state index in [2.05, 4.69) is 4.98 Å². The zero-order chi connectivity index (χ0) is 13.0. The number of halogens is 1. The van der Waals surface area contributed by atoms with Crippen LogP contribution in [0.1, 0.15) is 17.2 Å². The fourth-order valence-electron chi connectivity index (χ4n) is 1.59. The molecule has 1 aromatic carbocycles. The Morgan fingerprint density at radius 2 is 2.17 bits per heavy atom. The van der Waals surface area contributed by atoms with Crippen LogP contribution < -0.4 is 4.74 Å². The van der Waals surface area contributed by atoms with Crippen molar-refractivity contribution >= 4 is 11.6 Å². The second kappa shape index (κ2) is 5.85. The minimum atomic E-state index is -0.698. The second-order valence-electron chi connectivity index (χ2n) is 4.08. The van der Waals surface area contributed by atoms with E-state index in [1.165, 1.54) is 0 Å². The van der Waals surface area contributed by atoms with Gasteiger partial charge < -0.3 is 9.84 Å². The molecule has 0 amide bonds. The highest BCUT2D eigenvalue weighted by molar-refractivity contribution is 6.30. The zero-order valence-electron chi connectivity index (χ0n) is 10.0. The Labute approximate surface area is 111 Å². The molecule has 0 aliphatic rings. The number of benzene rings is 1. The van der Waals surface area contributed by atoms with E-state index in [0.717, 1.165) is 11.1 Å². The van der Waals surface area contributed by atoms with Crippen molar-refractivity contribution in [2.45, 2.75) is 13.0 Å². The molecule has 1 heterocycles. The molecule has 0 bridgehead atoms. The van der Waals surface area contributed by atoms with Gasteiger partial charge in [0.1, 0.15) is 18.5 Å². The van der Waals surface area contributed by atoms with Gasteiger partial charge in [0, 0.05) is 23.0 Å². The summed E-state index contributed by atoms with van der Waals surface area (Å²) in [4.78, 5) is 4.04. The van der Waals surface area contributed by atoms with Crippen LogP contribution >= 0.6 is 11.6 Å².